The smallest absolute Gasteiger partial charge is 0.410 e. The van der Waals surface area contributed by atoms with Gasteiger partial charge in [0.1, 0.15) is 25.1 Å². The van der Waals surface area contributed by atoms with Gasteiger partial charge in [0.2, 0.25) is 5.88 Å². The molecule has 11 nitrogen and oxygen atoms in total. The van der Waals surface area contributed by atoms with Gasteiger partial charge in [-0.3, -0.25) is 4.57 Å². The van der Waals surface area contributed by atoms with Gasteiger partial charge < -0.3 is 14.4 Å². The molecular weight excluding hydrogens is 460 g/mol. The molecule has 36 heavy (non-hydrogen) atoms. The zero-order chi connectivity index (χ0) is 24.8. The Morgan fingerprint density at radius 1 is 1.08 bits per heavy atom. The molecule has 6 rings (SSSR count). The van der Waals surface area contributed by atoms with Crippen LogP contribution in [0.3, 0.4) is 0 Å². The number of aromatic nitrogens is 7. The number of amides is 1. The van der Waals surface area contributed by atoms with Gasteiger partial charge in [0.15, 0.2) is 11.5 Å². The van der Waals surface area contributed by atoms with E-state index in [4.69, 9.17) is 9.47 Å². The lowest BCUT2D eigenvalue weighted by Crippen LogP contribution is -2.49. The lowest BCUT2D eigenvalue weighted by Gasteiger charge is -2.38. The second-order valence-electron chi connectivity index (χ2n) is 9.65. The molecule has 2 fully saturated rings. The van der Waals surface area contributed by atoms with Crippen LogP contribution >= 0.6 is 0 Å². The lowest BCUT2D eigenvalue weighted by molar-refractivity contribution is 0.0212. The summed E-state index contributed by atoms with van der Waals surface area (Å²) in [5.41, 5.74) is 2.49. The summed E-state index contributed by atoms with van der Waals surface area (Å²) in [6.07, 6.45) is 9.72. The predicted octanol–water partition coefficient (Wildman–Crippen LogP) is 3.62. The highest BCUT2D eigenvalue weighted by atomic mass is 16.6. The summed E-state index contributed by atoms with van der Waals surface area (Å²) in [5, 5.41) is 4.99. The quantitative estimate of drug-likeness (QED) is 0.419. The normalized spacial score (nSPS) is 21.3. The average molecular weight is 489 g/mol. The number of aryl methyl sites for hydroxylation is 1. The Labute approximate surface area is 208 Å². The Hall–Kier alpha value is -4.02. The van der Waals surface area contributed by atoms with E-state index in [1.165, 1.54) is 12.7 Å². The molecule has 4 aromatic heterocycles. The Bertz CT molecular complexity index is 1390. The number of pyridine rings is 1. The largest absolute Gasteiger partial charge is 0.474 e. The van der Waals surface area contributed by atoms with Gasteiger partial charge in [-0.1, -0.05) is 0 Å². The van der Waals surface area contributed by atoms with E-state index in [9.17, 15) is 4.79 Å². The van der Waals surface area contributed by atoms with E-state index in [-0.39, 0.29) is 30.4 Å². The van der Waals surface area contributed by atoms with Crippen molar-refractivity contribution in [2.45, 2.75) is 70.7 Å². The second kappa shape index (κ2) is 8.89. The zero-order valence-corrected chi connectivity index (χ0v) is 20.5. The van der Waals surface area contributed by atoms with E-state index in [0.717, 1.165) is 48.1 Å². The summed E-state index contributed by atoms with van der Waals surface area (Å²) in [6, 6.07) is 6.14. The van der Waals surface area contributed by atoms with Crippen molar-refractivity contribution < 1.29 is 14.3 Å². The lowest BCUT2D eigenvalue weighted by atomic mass is 10.0. The van der Waals surface area contributed by atoms with Crippen molar-refractivity contribution in [3.05, 3.63) is 49.1 Å². The first-order valence-corrected chi connectivity index (χ1v) is 12.3. The number of rotatable bonds is 5. The number of ether oxygens (including phenoxy) is 2. The van der Waals surface area contributed by atoms with Gasteiger partial charge in [-0.2, -0.15) is 5.10 Å². The minimum Gasteiger partial charge on any atom is -0.474 e. The van der Waals surface area contributed by atoms with Crippen LogP contribution in [0.15, 0.2) is 43.4 Å². The first kappa shape index (κ1) is 22.4. The topological polar surface area (TPSA) is 113 Å². The maximum absolute atomic E-state index is 12.6. The number of fused-ring (bicyclic) bond motifs is 3. The Kier molecular flexibility index (Phi) is 5.54. The minimum atomic E-state index is -0.212. The molecule has 2 aliphatic heterocycles. The van der Waals surface area contributed by atoms with Crippen LogP contribution in [0.1, 0.15) is 45.2 Å². The van der Waals surface area contributed by atoms with Crippen molar-refractivity contribution in [1.29, 1.82) is 0 Å². The highest BCUT2D eigenvalue weighted by Gasteiger charge is 2.45. The first-order chi connectivity index (χ1) is 17.5. The van der Waals surface area contributed by atoms with Crippen LogP contribution in [0.25, 0.3) is 22.5 Å². The molecule has 0 aromatic carbocycles. The first-order valence-electron chi connectivity index (χ1n) is 12.3. The van der Waals surface area contributed by atoms with Crippen LogP contribution in [0, 0.1) is 6.92 Å². The van der Waals surface area contributed by atoms with Crippen LogP contribution < -0.4 is 4.74 Å². The van der Waals surface area contributed by atoms with Crippen molar-refractivity contribution in [2.24, 2.45) is 0 Å². The fraction of sp³-hybridized carbons (Fsp3) is 0.440. The minimum absolute atomic E-state index is 0.0163. The average Bonchev–Trinajstić information content (AvgIpc) is 3.58. The number of hydrogen-bond acceptors (Lipinski definition) is 8. The number of carbonyl (C=O) groups excluding carboxylic acids is 1. The third kappa shape index (κ3) is 3.94. The molecule has 11 heteroatoms. The molecule has 2 bridgehead atoms. The maximum atomic E-state index is 12.6. The number of nitrogens with zero attached hydrogens (tertiary/aromatic N) is 8. The highest BCUT2D eigenvalue weighted by molar-refractivity contribution is 5.83. The summed E-state index contributed by atoms with van der Waals surface area (Å²) in [4.78, 5) is 32.2. The summed E-state index contributed by atoms with van der Waals surface area (Å²) in [6.45, 7) is 5.71. The van der Waals surface area contributed by atoms with Crippen LogP contribution in [0.4, 0.5) is 4.79 Å². The Morgan fingerprint density at radius 2 is 1.89 bits per heavy atom. The van der Waals surface area contributed by atoms with E-state index in [0.29, 0.717) is 11.7 Å². The molecule has 0 saturated carbocycles. The second-order valence-corrected chi connectivity index (χ2v) is 9.65. The maximum Gasteiger partial charge on any atom is 0.410 e. The number of carbonyl (C=O) groups is 1. The fourth-order valence-electron chi connectivity index (χ4n) is 5.41. The van der Waals surface area contributed by atoms with E-state index in [1.54, 1.807) is 11.0 Å². The summed E-state index contributed by atoms with van der Waals surface area (Å²) < 4.78 is 15.5. The summed E-state index contributed by atoms with van der Waals surface area (Å²) in [5.74, 6) is 1.26. The predicted molar refractivity (Wildman–Crippen MR) is 130 cm³/mol. The highest BCUT2D eigenvalue weighted by Crippen LogP contribution is 2.38. The molecule has 0 unspecified atom stereocenters. The van der Waals surface area contributed by atoms with Crippen LogP contribution in [0.2, 0.25) is 0 Å². The van der Waals surface area contributed by atoms with Crippen molar-refractivity contribution in [3.8, 4) is 17.4 Å². The van der Waals surface area contributed by atoms with Crippen LogP contribution in [-0.4, -0.2) is 69.6 Å². The molecule has 0 spiro atoms. The molecule has 2 atom stereocenters. The SMILES string of the molecule is Cc1nc(-n2cncn2)ccc1-n1ccc2c(OC3C[C@@H]4CC[C@@H](C3)N4C(=O)OC(C)C)ncnc21. The van der Waals surface area contributed by atoms with Gasteiger partial charge in [-0.25, -0.2) is 29.4 Å². The van der Waals surface area contributed by atoms with Crippen molar-refractivity contribution in [1.82, 2.24) is 39.2 Å². The van der Waals surface area contributed by atoms with Gasteiger partial charge in [0, 0.05) is 31.1 Å². The van der Waals surface area contributed by atoms with Crippen LogP contribution in [-0.2, 0) is 4.74 Å². The monoisotopic (exact) mass is 488 g/mol. The fourth-order valence-corrected chi connectivity index (χ4v) is 5.41. The molecule has 0 radical (unpaired) electrons. The Balaban J connectivity index is 1.23. The van der Waals surface area contributed by atoms with Gasteiger partial charge in [0.25, 0.3) is 0 Å². The standard InChI is InChI=1S/C25H28N8O3/c1-15(2)35-25(34)33-17-4-5-18(33)11-19(10-17)36-24-20-8-9-31(23(20)27-13-28-24)21-6-7-22(30-16(21)3)32-14-26-12-29-32/h6-9,12-15,17-19H,4-5,10-11H2,1-3H3/t17-,18-/m0/s1. The number of piperidine rings is 1. The molecule has 186 valence electrons. The van der Waals surface area contributed by atoms with E-state index < -0.39 is 0 Å². The molecule has 4 aromatic rings. The van der Waals surface area contributed by atoms with Crippen molar-refractivity contribution >= 4 is 17.1 Å². The molecule has 0 aliphatic carbocycles. The van der Waals surface area contributed by atoms with Gasteiger partial charge >= 0.3 is 6.09 Å². The number of hydrogen-bond donors (Lipinski definition) is 0. The third-order valence-electron chi connectivity index (χ3n) is 6.92. The zero-order valence-electron chi connectivity index (χ0n) is 20.5. The molecule has 1 amide bonds. The van der Waals surface area contributed by atoms with E-state index in [2.05, 4.69) is 25.0 Å². The van der Waals surface area contributed by atoms with E-state index in [1.807, 2.05) is 54.6 Å². The summed E-state index contributed by atoms with van der Waals surface area (Å²) >= 11 is 0. The summed E-state index contributed by atoms with van der Waals surface area (Å²) in [7, 11) is 0. The van der Waals surface area contributed by atoms with Crippen LogP contribution in [0.5, 0.6) is 5.88 Å². The molecule has 2 saturated heterocycles. The van der Waals surface area contributed by atoms with Crippen molar-refractivity contribution in [2.75, 3.05) is 0 Å². The molecule has 0 N–H and O–H groups in total. The third-order valence-corrected chi connectivity index (χ3v) is 6.92. The van der Waals surface area contributed by atoms with E-state index >= 15 is 0 Å². The molecule has 2 aliphatic rings. The molecular formula is C25H28N8O3. The van der Waals surface area contributed by atoms with Gasteiger partial charge in [0.05, 0.1) is 22.9 Å². The molecule has 6 heterocycles. The van der Waals surface area contributed by atoms with Gasteiger partial charge in [-0.05, 0) is 51.8 Å². The van der Waals surface area contributed by atoms with Gasteiger partial charge in [-0.15, -0.1) is 0 Å². The Morgan fingerprint density at radius 3 is 2.58 bits per heavy atom. The van der Waals surface area contributed by atoms with Crippen molar-refractivity contribution in [3.63, 3.8) is 0 Å².